The van der Waals surface area contributed by atoms with Crippen molar-refractivity contribution in [2.24, 2.45) is 0 Å². The molecule has 2 aromatic heterocycles. The molecule has 0 saturated carbocycles. The van der Waals surface area contributed by atoms with Gasteiger partial charge in [0.2, 0.25) is 0 Å². The zero-order valence-electron chi connectivity index (χ0n) is 13.9. The third kappa shape index (κ3) is 3.11. The summed E-state index contributed by atoms with van der Waals surface area (Å²) in [6.45, 7) is 7.53. The summed E-state index contributed by atoms with van der Waals surface area (Å²) in [7, 11) is 0. The van der Waals surface area contributed by atoms with Gasteiger partial charge in [0.05, 0.1) is 17.8 Å². The van der Waals surface area contributed by atoms with Gasteiger partial charge in [0, 0.05) is 31.2 Å². The summed E-state index contributed by atoms with van der Waals surface area (Å²) >= 11 is 5.60. The van der Waals surface area contributed by atoms with Crippen LogP contribution in [0.1, 0.15) is 56.6 Å². The summed E-state index contributed by atoms with van der Waals surface area (Å²) < 4.78 is 2.25. The fraction of sp³-hybridized carbons (Fsp3) is 0.444. The van der Waals surface area contributed by atoms with E-state index in [9.17, 15) is 0 Å². The quantitative estimate of drug-likeness (QED) is 0.845. The molecule has 3 rings (SSSR count). The van der Waals surface area contributed by atoms with Crippen molar-refractivity contribution in [1.82, 2.24) is 19.8 Å². The van der Waals surface area contributed by atoms with Crippen molar-refractivity contribution < 1.29 is 0 Å². The molecule has 1 fully saturated rings. The Kier molecular flexibility index (Phi) is 4.66. The van der Waals surface area contributed by atoms with Crippen molar-refractivity contribution in [3.8, 4) is 0 Å². The average molecular weight is 328 g/mol. The van der Waals surface area contributed by atoms with Gasteiger partial charge in [0.25, 0.3) is 0 Å². The minimum Gasteiger partial charge on any atom is -0.352 e. The van der Waals surface area contributed by atoms with Crippen LogP contribution in [0.25, 0.3) is 0 Å². The Morgan fingerprint density at radius 3 is 2.74 bits per heavy atom. The minimum atomic E-state index is 0.0956. The van der Waals surface area contributed by atoms with Gasteiger partial charge in [-0.25, -0.2) is 0 Å². The van der Waals surface area contributed by atoms with Crippen LogP contribution < -0.4 is 5.32 Å². The molecule has 0 amide bonds. The number of rotatable bonds is 5. The SMILES string of the molecule is CCCN1C(=S)N[C@H](c2ccccn2)[C@H]1c1ccn(C(C)C)c1. The molecule has 3 heterocycles. The minimum absolute atomic E-state index is 0.0956. The molecule has 0 bridgehead atoms. The molecule has 0 aromatic carbocycles. The Hall–Kier alpha value is -1.88. The van der Waals surface area contributed by atoms with Gasteiger partial charge >= 0.3 is 0 Å². The third-order valence-electron chi connectivity index (χ3n) is 4.34. The molecule has 1 N–H and O–H groups in total. The van der Waals surface area contributed by atoms with Gasteiger partial charge in [0.1, 0.15) is 0 Å². The smallest absolute Gasteiger partial charge is 0.170 e. The van der Waals surface area contributed by atoms with Gasteiger partial charge in [-0.05, 0) is 56.2 Å². The topological polar surface area (TPSA) is 33.1 Å². The fourth-order valence-electron chi connectivity index (χ4n) is 3.18. The van der Waals surface area contributed by atoms with Crippen LogP contribution in [0.15, 0.2) is 42.9 Å². The number of thiocarbonyl (C=S) groups is 1. The van der Waals surface area contributed by atoms with Crippen LogP contribution in [0.4, 0.5) is 0 Å². The van der Waals surface area contributed by atoms with Crippen molar-refractivity contribution in [2.75, 3.05) is 6.54 Å². The van der Waals surface area contributed by atoms with E-state index in [1.807, 2.05) is 18.3 Å². The van der Waals surface area contributed by atoms with Gasteiger partial charge in [0.15, 0.2) is 5.11 Å². The summed E-state index contributed by atoms with van der Waals surface area (Å²) in [5.74, 6) is 0. The summed E-state index contributed by atoms with van der Waals surface area (Å²) in [4.78, 5) is 6.85. The maximum Gasteiger partial charge on any atom is 0.170 e. The Bertz CT molecular complexity index is 665. The van der Waals surface area contributed by atoms with Crippen LogP contribution >= 0.6 is 12.2 Å². The molecule has 0 radical (unpaired) electrons. The van der Waals surface area contributed by atoms with Crippen LogP contribution in [0.2, 0.25) is 0 Å². The van der Waals surface area contributed by atoms with Gasteiger partial charge in [-0.1, -0.05) is 13.0 Å². The summed E-state index contributed by atoms with van der Waals surface area (Å²) in [5.41, 5.74) is 2.32. The second-order valence-corrected chi connectivity index (χ2v) is 6.69. The number of nitrogens with zero attached hydrogens (tertiary/aromatic N) is 3. The highest BCUT2D eigenvalue weighted by molar-refractivity contribution is 7.80. The van der Waals surface area contributed by atoms with E-state index in [-0.39, 0.29) is 12.1 Å². The molecule has 2 atom stereocenters. The Morgan fingerprint density at radius 2 is 2.13 bits per heavy atom. The van der Waals surface area contributed by atoms with E-state index in [2.05, 4.69) is 65.1 Å². The van der Waals surface area contributed by atoms with Crippen LogP contribution in [-0.4, -0.2) is 26.1 Å². The Balaban J connectivity index is 1.99. The van der Waals surface area contributed by atoms with E-state index >= 15 is 0 Å². The zero-order valence-corrected chi connectivity index (χ0v) is 14.8. The van der Waals surface area contributed by atoms with Gasteiger partial charge < -0.3 is 14.8 Å². The summed E-state index contributed by atoms with van der Waals surface area (Å²) in [5, 5.41) is 4.30. The normalized spacial score (nSPS) is 21.0. The number of hydrogen-bond acceptors (Lipinski definition) is 2. The van der Waals surface area contributed by atoms with E-state index in [1.165, 1.54) is 5.56 Å². The maximum atomic E-state index is 5.60. The maximum absolute atomic E-state index is 5.60. The van der Waals surface area contributed by atoms with Crippen LogP contribution in [-0.2, 0) is 0 Å². The van der Waals surface area contributed by atoms with Gasteiger partial charge in [-0.15, -0.1) is 0 Å². The second-order valence-electron chi connectivity index (χ2n) is 6.31. The largest absolute Gasteiger partial charge is 0.352 e. The lowest BCUT2D eigenvalue weighted by atomic mass is 9.99. The molecule has 1 aliphatic heterocycles. The highest BCUT2D eigenvalue weighted by Crippen LogP contribution is 2.38. The average Bonchev–Trinajstić information content (AvgIpc) is 3.14. The highest BCUT2D eigenvalue weighted by Gasteiger charge is 2.39. The molecule has 1 aliphatic rings. The zero-order chi connectivity index (χ0) is 16.4. The molecular weight excluding hydrogens is 304 g/mol. The van der Waals surface area contributed by atoms with Gasteiger partial charge in [-0.2, -0.15) is 0 Å². The van der Waals surface area contributed by atoms with Crippen LogP contribution in [0.3, 0.4) is 0 Å². The van der Waals surface area contributed by atoms with Crippen molar-refractivity contribution in [2.45, 2.75) is 45.3 Å². The lowest BCUT2D eigenvalue weighted by Gasteiger charge is -2.26. The summed E-state index contributed by atoms with van der Waals surface area (Å²) in [6.07, 6.45) is 7.31. The first kappa shape index (κ1) is 16.0. The standard InChI is InChI=1S/C18H24N4S/c1-4-10-22-17(14-8-11-21(12-14)13(2)3)16(20-18(22)23)15-7-5-6-9-19-15/h5-9,11-13,16-17H,4,10H2,1-3H3,(H,20,23)/t16-,17-/m1/s1. The van der Waals surface area contributed by atoms with E-state index in [0.29, 0.717) is 6.04 Å². The van der Waals surface area contributed by atoms with Crippen LogP contribution in [0.5, 0.6) is 0 Å². The van der Waals surface area contributed by atoms with Crippen molar-refractivity contribution >= 4 is 17.3 Å². The fourth-order valence-corrected chi connectivity index (χ4v) is 3.51. The van der Waals surface area contributed by atoms with Crippen molar-refractivity contribution in [3.63, 3.8) is 0 Å². The van der Waals surface area contributed by atoms with E-state index < -0.39 is 0 Å². The van der Waals surface area contributed by atoms with E-state index in [1.54, 1.807) is 0 Å². The van der Waals surface area contributed by atoms with E-state index in [4.69, 9.17) is 12.2 Å². The molecule has 23 heavy (non-hydrogen) atoms. The summed E-state index contributed by atoms with van der Waals surface area (Å²) in [6, 6.07) is 9.01. The van der Waals surface area contributed by atoms with E-state index in [0.717, 1.165) is 23.8 Å². The molecule has 0 spiro atoms. The number of aromatic nitrogens is 2. The number of nitrogens with one attached hydrogen (secondary N) is 1. The Morgan fingerprint density at radius 1 is 1.30 bits per heavy atom. The predicted molar refractivity (Wildman–Crippen MR) is 97.3 cm³/mol. The first-order chi connectivity index (χ1) is 11.1. The monoisotopic (exact) mass is 328 g/mol. The molecule has 2 aromatic rings. The molecule has 5 heteroatoms. The van der Waals surface area contributed by atoms with Crippen molar-refractivity contribution in [3.05, 3.63) is 54.1 Å². The number of hydrogen-bond donors (Lipinski definition) is 1. The predicted octanol–water partition coefficient (Wildman–Crippen LogP) is 3.85. The molecule has 0 aliphatic carbocycles. The lowest BCUT2D eigenvalue weighted by molar-refractivity contribution is 0.317. The second kappa shape index (κ2) is 6.71. The first-order valence-electron chi connectivity index (χ1n) is 8.27. The molecule has 122 valence electrons. The number of pyridine rings is 1. The van der Waals surface area contributed by atoms with Crippen molar-refractivity contribution in [1.29, 1.82) is 0 Å². The third-order valence-corrected chi connectivity index (χ3v) is 4.69. The first-order valence-corrected chi connectivity index (χ1v) is 8.68. The van der Waals surface area contributed by atoms with Gasteiger partial charge in [-0.3, -0.25) is 4.98 Å². The molecular formula is C18H24N4S. The Labute approximate surface area is 143 Å². The lowest BCUT2D eigenvalue weighted by Crippen LogP contribution is -2.30. The molecule has 0 unspecified atom stereocenters. The highest BCUT2D eigenvalue weighted by atomic mass is 32.1. The molecule has 4 nitrogen and oxygen atoms in total. The van der Waals surface area contributed by atoms with Crippen LogP contribution in [0, 0.1) is 0 Å². The molecule has 1 saturated heterocycles.